The van der Waals surface area contributed by atoms with Gasteiger partial charge in [-0.05, 0) is 12.8 Å². The van der Waals surface area contributed by atoms with Crippen LogP contribution < -0.4 is 17.1 Å². The number of rotatable bonds is 14. The Kier molecular flexibility index (Phi) is 14.6. The number of allylic oxidation sites excluding steroid dienone is 1. The monoisotopic (exact) mass is 493 g/mol. The van der Waals surface area contributed by atoms with E-state index in [1.54, 1.807) is 0 Å². The molecule has 0 unspecified atom stereocenters. The number of hydrogen-bond donors (Lipinski definition) is 0. The van der Waals surface area contributed by atoms with Gasteiger partial charge in [-0.2, -0.15) is 0 Å². The summed E-state index contributed by atoms with van der Waals surface area (Å²) in [6.45, 7) is 6.01. The number of aromatic nitrogens is 3. The third kappa shape index (κ3) is 8.42. The molecule has 0 aliphatic heterocycles. The SMILES string of the molecule is C=CCn1c(=O)n(CCCC)c(=O)n(CCC[Si](OC)(OC)OC)c1=O.CO[Si](=O)OC. The Bertz CT molecular complexity index is 877. The van der Waals surface area contributed by atoms with Gasteiger partial charge < -0.3 is 22.1 Å². The van der Waals surface area contributed by atoms with Crippen LogP contribution in [0.1, 0.15) is 26.2 Å². The van der Waals surface area contributed by atoms with Gasteiger partial charge in [-0.3, -0.25) is 4.46 Å². The summed E-state index contributed by atoms with van der Waals surface area (Å²) in [5, 5.41) is 0. The van der Waals surface area contributed by atoms with Gasteiger partial charge >= 0.3 is 35.0 Å². The third-order valence-corrected chi connectivity index (χ3v) is 8.06. The molecular formula is C18H35N3O9Si2. The largest absolute Gasteiger partial charge is 0.766 e. The van der Waals surface area contributed by atoms with Gasteiger partial charge in [0.15, 0.2) is 0 Å². The maximum absolute atomic E-state index is 12.6. The van der Waals surface area contributed by atoms with E-state index < -0.39 is 35.0 Å². The lowest BCUT2D eigenvalue weighted by Gasteiger charge is -2.24. The van der Waals surface area contributed by atoms with E-state index >= 15 is 0 Å². The number of hydrogen-bond acceptors (Lipinski definition) is 9. The lowest BCUT2D eigenvalue weighted by molar-refractivity contribution is 0.122. The van der Waals surface area contributed by atoms with Crippen LogP contribution in [-0.2, 0) is 46.2 Å². The minimum absolute atomic E-state index is 0.0526. The molecule has 0 aliphatic carbocycles. The molecule has 0 radical (unpaired) electrons. The average molecular weight is 494 g/mol. The van der Waals surface area contributed by atoms with Crippen molar-refractivity contribution >= 4 is 18.0 Å². The van der Waals surface area contributed by atoms with E-state index in [2.05, 4.69) is 15.4 Å². The standard InChI is InChI=1S/C16H29N3O6Si.C2H6O3Si/c1-6-8-11-18-14(20)17(10-7-2)15(21)19(16(18)22)12-9-13-26(23-3,24-4)25-5;1-4-6(3)5-2/h7H,2,6,8-13H2,1,3-5H3;1-2H3. The first-order valence-electron chi connectivity index (χ1n) is 10.0. The van der Waals surface area contributed by atoms with Gasteiger partial charge in [-0.15, -0.1) is 6.58 Å². The van der Waals surface area contributed by atoms with Crippen LogP contribution in [0, 0.1) is 0 Å². The fourth-order valence-electron chi connectivity index (χ4n) is 2.76. The lowest BCUT2D eigenvalue weighted by Crippen LogP contribution is -2.54. The van der Waals surface area contributed by atoms with Crippen LogP contribution >= 0.6 is 0 Å². The highest BCUT2D eigenvalue weighted by atomic mass is 28.4. The lowest BCUT2D eigenvalue weighted by atomic mass is 10.3. The summed E-state index contributed by atoms with van der Waals surface area (Å²) < 4.78 is 37.6. The Morgan fingerprint density at radius 1 is 0.844 bits per heavy atom. The van der Waals surface area contributed by atoms with Gasteiger partial charge in [-0.1, -0.05) is 19.4 Å². The van der Waals surface area contributed by atoms with Crippen LogP contribution in [0.3, 0.4) is 0 Å². The molecule has 0 saturated carbocycles. The van der Waals surface area contributed by atoms with Gasteiger partial charge in [0.2, 0.25) is 0 Å². The van der Waals surface area contributed by atoms with Gasteiger partial charge in [0.1, 0.15) is 0 Å². The molecule has 0 atom stereocenters. The van der Waals surface area contributed by atoms with E-state index in [0.717, 1.165) is 20.1 Å². The van der Waals surface area contributed by atoms with Crippen molar-refractivity contribution in [1.82, 2.24) is 13.7 Å². The summed E-state index contributed by atoms with van der Waals surface area (Å²) in [6, 6.07) is 0.442. The zero-order valence-electron chi connectivity index (χ0n) is 19.8. The second-order valence-corrected chi connectivity index (χ2v) is 10.9. The van der Waals surface area contributed by atoms with Crippen molar-refractivity contribution in [1.29, 1.82) is 0 Å². The predicted molar refractivity (Wildman–Crippen MR) is 121 cm³/mol. The summed E-state index contributed by atoms with van der Waals surface area (Å²) in [7, 11) is 2.29. The number of nitrogens with zero attached hydrogens (tertiary/aromatic N) is 3. The van der Waals surface area contributed by atoms with E-state index in [-0.39, 0.29) is 19.6 Å². The molecule has 0 saturated heterocycles. The van der Waals surface area contributed by atoms with Crippen LogP contribution in [0.15, 0.2) is 27.0 Å². The summed E-state index contributed by atoms with van der Waals surface area (Å²) in [6.07, 6.45) is 3.40. The Labute approximate surface area is 190 Å². The summed E-state index contributed by atoms with van der Waals surface area (Å²) in [5.41, 5.74) is -1.82. The van der Waals surface area contributed by atoms with E-state index in [9.17, 15) is 18.8 Å². The molecule has 0 aliphatic rings. The molecule has 32 heavy (non-hydrogen) atoms. The van der Waals surface area contributed by atoms with Crippen molar-refractivity contribution in [3.05, 3.63) is 44.1 Å². The van der Waals surface area contributed by atoms with E-state index in [4.69, 9.17) is 13.3 Å². The van der Waals surface area contributed by atoms with Gasteiger partial charge in [0.05, 0.1) is 20.8 Å². The molecule has 1 rings (SSSR count). The molecule has 1 aromatic rings. The number of unbranched alkanes of at least 4 members (excludes halogenated alkanes) is 1. The Morgan fingerprint density at radius 2 is 1.28 bits per heavy atom. The summed E-state index contributed by atoms with van der Waals surface area (Å²) in [5.74, 6) is 0. The van der Waals surface area contributed by atoms with Crippen molar-refractivity contribution in [3.63, 3.8) is 0 Å². The molecule has 14 heteroatoms. The van der Waals surface area contributed by atoms with Crippen molar-refractivity contribution in [2.75, 3.05) is 35.5 Å². The molecule has 0 fully saturated rings. The normalized spacial score (nSPS) is 10.8. The highest BCUT2D eigenvalue weighted by Crippen LogP contribution is 2.15. The molecule has 0 spiro atoms. The van der Waals surface area contributed by atoms with Gasteiger partial charge in [0, 0.05) is 40.5 Å². The van der Waals surface area contributed by atoms with Crippen LogP contribution in [0.5, 0.6) is 0 Å². The maximum Gasteiger partial charge on any atom is 0.766 e. The van der Waals surface area contributed by atoms with E-state index in [1.165, 1.54) is 41.6 Å². The molecule has 12 nitrogen and oxygen atoms in total. The molecule has 0 aromatic carbocycles. The molecule has 184 valence electrons. The second-order valence-electron chi connectivity index (χ2n) is 6.46. The second kappa shape index (κ2) is 15.6. The zero-order chi connectivity index (χ0) is 24.7. The maximum atomic E-state index is 12.6. The molecule has 1 heterocycles. The Balaban J connectivity index is 0.00000140. The first kappa shape index (κ1) is 29.9. The van der Waals surface area contributed by atoms with Crippen molar-refractivity contribution in [2.24, 2.45) is 0 Å². The minimum atomic E-state index is -2.79. The fraction of sp³-hybridized carbons (Fsp3) is 0.722. The Hall–Kier alpha value is -2.14. The van der Waals surface area contributed by atoms with Crippen molar-refractivity contribution in [2.45, 2.75) is 51.9 Å². The van der Waals surface area contributed by atoms with Crippen LogP contribution in [-0.4, -0.2) is 67.2 Å². The average Bonchev–Trinajstić information content (AvgIpc) is 2.81. The Morgan fingerprint density at radius 3 is 1.62 bits per heavy atom. The summed E-state index contributed by atoms with van der Waals surface area (Å²) in [4.78, 5) is 37.7. The van der Waals surface area contributed by atoms with Crippen molar-refractivity contribution in [3.8, 4) is 0 Å². The highest BCUT2D eigenvalue weighted by Gasteiger charge is 2.37. The first-order valence-corrected chi connectivity index (χ1v) is 13.2. The molecule has 1 aromatic heterocycles. The molecule has 0 amide bonds. The third-order valence-electron chi connectivity index (χ3n) is 4.56. The fourth-order valence-corrected chi connectivity index (χ4v) is 4.63. The van der Waals surface area contributed by atoms with Crippen molar-refractivity contribution < 1.29 is 26.6 Å². The first-order chi connectivity index (χ1) is 15.2. The quantitative estimate of drug-likeness (QED) is 0.262. The predicted octanol–water partition coefficient (Wildman–Crippen LogP) is 0.121. The van der Waals surface area contributed by atoms with Crippen LogP contribution in [0.4, 0.5) is 0 Å². The molecule has 0 N–H and O–H groups in total. The smallest absolute Gasteiger partial charge is 0.499 e. The van der Waals surface area contributed by atoms with E-state index in [0.29, 0.717) is 18.9 Å². The molecule has 0 bridgehead atoms. The van der Waals surface area contributed by atoms with Gasteiger partial charge in [-0.25, -0.2) is 28.1 Å². The summed E-state index contributed by atoms with van der Waals surface area (Å²) >= 11 is 0. The highest BCUT2D eigenvalue weighted by molar-refractivity contribution is 6.60. The van der Waals surface area contributed by atoms with Crippen LogP contribution in [0.2, 0.25) is 6.04 Å². The van der Waals surface area contributed by atoms with Crippen LogP contribution in [0.25, 0.3) is 0 Å². The minimum Gasteiger partial charge on any atom is -0.499 e. The van der Waals surface area contributed by atoms with E-state index in [1.807, 2.05) is 6.92 Å². The topological polar surface area (TPSA) is 129 Å². The molecular weight excluding hydrogens is 458 g/mol. The van der Waals surface area contributed by atoms with Gasteiger partial charge in [0.25, 0.3) is 0 Å². The zero-order valence-corrected chi connectivity index (χ0v) is 21.8.